The smallest absolute Gasteiger partial charge is 0.141 e. The van der Waals surface area contributed by atoms with Crippen molar-refractivity contribution in [1.29, 1.82) is 5.26 Å². The standard InChI is InChI=1S/C13H18N4.C3H5N/c14-11(9-4-2-1-3-5-9)12-10-6-7-15-13(10)17-8-16-12;1-2-3-4/h6-9,15H,1-5,14H2,(H,16,17);2H2,1H3/b12-11-;. The fourth-order valence-electron chi connectivity index (χ4n) is 2.76. The van der Waals surface area contributed by atoms with Crippen LogP contribution >= 0.6 is 0 Å². The Morgan fingerprint density at radius 3 is 2.81 bits per heavy atom. The number of rotatable bonds is 1. The van der Waals surface area contributed by atoms with E-state index in [2.05, 4.69) is 15.3 Å². The highest BCUT2D eigenvalue weighted by molar-refractivity contribution is 5.87. The molecule has 21 heavy (non-hydrogen) atoms. The molecule has 1 aliphatic heterocycles. The normalized spacial score (nSPS) is 19.6. The van der Waals surface area contributed by atoms with E-state index in [-0.39, 0.29) is 0 Å². The first-order valence-electron chi connectivity index (χ1n) is 7.61. The zero-order valence-corrected chi connectivity index (χ0v) is 12.5. The van der Waals surface area contributed by atoms with Crippen LogP contribution in [0.5, 0.6) is 0 Å². The molecule has 0 spiro atoms. The Labute approximate surface area is 126 Å². The summed E-state index contributed by atoms with van der Waals surface area (Å²) in [6.07, 6.45) is 10.6. The second-order valence-electron chi connectivity index (χ2n) is 5.32. The van der Waals surface area contributed by atoms with Gasteiger partial charge in [-0.15, -0.1) is 0 Å². The zero-order valence-electron chi connectivity index (χ0n) is 12.5. The minimum absolute atomic E-state index is 0.528. The van der Waals surface area contributed by atoms with Crippen molar-refractivity contribution in [2.75, 3.05) is 0 Å². The van der Waals surface area contributed by atoms with Crippen LogP contribution in [-0.4, -0.2) is 11.3 Å². The Kier molecular flexibility index (Phi) is 5.44. The van der Waals surface area contributed by atoms with Crippen molar-refractivity contribution in [3.63, 3.8) is 0 Å². The van der Waals surface area contributed by atoms with E-state index in [1.54, 1.807) is 6.34 Å². The number of allylic oxidation sites excluding steroid dienone is 1. The van der Waals surface area contributed by atoms with Gasteiger partial charge in [0.05, 0.1) is 18.1 Å². The molecule has 5 nitrogen and oxygen atoms in total. The van der Waals surface area contributed by atoms with Gasteiger partial charge in [0.25, 0.3) is 0 Å². The zero-order chi connectivity index (χ0) is 15.1. The topological polar surface area (TPSA) is 90.0 Å². The molecule has 0 bridgehead atoms. The van der Waals surface area contributed by atoms with Gasteiger partial charge in [0.2, 0.25) is 0 Å². The van der Waals surface area contributed by atoms with Crippen LogP contribution in [0.1, 0.15) is 51.0 Å². The minimum Gasteiger partial charge on any atom is -0.400 e. The van der Waals surface area contributed by atoms with Gasteiger partial charge < -0.3 is 16.0 Å². The van der Waals surface area contributed by atoms with Gasteiger partial charge in [-0.1, -0.05) is 26.2 Å². The van der Waals surface area contributed by atoms with E-state index >= 15 is 0 Å². The number of hydrogen-bond donors (Lipinski definition) is 3. The fraction of sp³-hybridized carbons (Fsp3) is 0.500. The Bertz CT molecular complexity index is 555. The molecule has 5 heteroatoms. The van der Waals surface area contributed by atoms with Gasteiger partial charge in [0.1, 0.15) is 5.82 Å². The molecule has 112 valence electrons. The Balaban J connectivity index is 0.000000361. The van der Waals surface area contributed by atoms with Crippen LogP contribution in [0.15, 0.2) is 23.0 Å². The maximum absolute atomic E-state index is 7.62. The summed E-state index contributed by atoms with van der Waals surface area (Å²) in [6, 6.07) is 3.96. The number of hydrogen-bond acceptors (Lipinski definition) is 4. The second kappa shape index (κ2) is 7.53. The number of aromatic amines is 1. The summed E-state index contributed by atoms with van der Waals surface area (Å²) in [5.41, 5.74) is 9.47. The number of nitrogens with two attached hydrogens (primary N) is 1. The van der Waals surface area contributed by atoms with Crippen molar-refractivity contribution < 1.29 is 0 Å². The monoisotopic (exact) mass is 285 g/mol. The highest BCUT2D eigenvalue weighted by atomic mass is 15.0. The van der Waals surface area contributed by atoms with Crippen LogP contribution in [0.2, 0.25) is 0 Å². The number of H-pyrrole nitrogens is 1. The molecule has 3 rings (SSSR count). The number of fused-ring (bicyclic) bond motifs is 1. The molecule has 0 atom stereocenters. The molecule has 1 aromatic rings. The predicted molar refractivity (Wildman–Crippen MR) is 85.7 cm³/mol. The molecule has 1 aliphatic carbocycles. The molecule has 4 N–H and O–H groups in total. The quantitative estimate of drug-likeness (QED) is 0.738. The van der Waals surface area contributed by atoms with E-state index in [1.165, 1.54) is 32.1 Å². The third-order valence-corrected chi connectivity index (χ3v) is 3.89. The predicted octanol–water partition coefficient (Wildman–Crippen LogP) is 3.41. The summed E-state index contributed by atoms with van der Waals surface area (Å²) in [6.45, 7) is 1.82. The van der Waals surface area contributed by atoms with Gasteiger partial charge in [-0.3, -0.25) is 0 Å². The molecule has 0 radical (unpaired) electrons. The lowest BCUT2D eigenvalue weighted by Gasteiger charge is -2.25. The van der Waals surface area contributed by atoms with Crippen LogP contribution in [0.4, 0.5) is 5.82 Å². The summed E-state index contributed by atoms with van der Waals surface area (Å²) < 4.78 is 0. The van der Waals surface area contributed by atoms with Crippen LogP contribution in [0.3, 0.4) is 0 Å². The Morgan fingerprint density at radius 2 is 2.14 bits per heavy atom. The number of aliphatic imine (C=N–C) groups is 1. The summed E-state index contributed by atoms with van der Waals surface area (Å²) in [5.74, 6) is 1.43. The highest BCUT2D eigenvalue weighted by Gasteiger charge is 2.22. The van der Waals surface area contributed by atoms with Crippen molar-refractivity contribution in [2.24, 2.45) is 16.6 Å². The van der Waals surface area contributed by atoms with Crippen molar-refractivity contribution in [2.45, 2.75) is 45.4 Å². The highest BCUT2D eigenvalue weighted by Crippen LogP contribution is 2.33. The first kappa shape index (κ1) is 15.2. The van der Waals surface area contributed by atoms with Crippen LogP contribution in [0, 0.1) is 17.2 Å². The maximum Gasteiger partial charge on any atom is 0.141 e. The molecule has 1 aromatic heterocycles. The van der Waals surface area contributed by atoms with Crippen molar-refractivity contribution in [1.82, 2.24) is 10.3 Å². The SMILES string of the molecule is CCC#N.N/C(=C1\NC=Nc2[nH]ccc21)C1CCCCC1. The van der Waals surface area contributed by atoms with Crippen LogP contribution in [0.25, 0.3) is 5.70 Å². The van der Waals surface area contributed by atoms with E-state index in [0.29, 0.717) is 12.3 Å². The first-order valence-corrected chi connectivity index (χ1v) is 7.61. The average molecular weight is 285 g/mol. The number of nitrogens with zero attached hydrogens (tertiary/aromatic N) is 2. The van der Waals surface area contributed by atoms with E-state index in [1.807, 2.05) is 25.3 Å². The van der Waals surface area contributed by atoms with E-state index < -0.39 is 0 Å². The lowest BCUT2D eigenvalue weighted by atomic mass is 9.85. The summed E-state index contributed by atoms with van der Waals surface area (Å²) in [4.78, 5) is 7.37. The van der Waals surface area contributed by atoms with E-state index in [9.17, 15) is 0 Å². The summed E-state index contributed by atoms with van der Waals surface area (Å²) in [7, 11) is 0. The number of aromatic nitrogens is 1. The van der Waals surface area contributed by atoms with Gasteiger partial charge in [-0.2, -0.15) is 5.26 Å². The molecular formula is C16H23N5. The molecule has 1 saturated carbocycles. The van der Waals surface area contributed by atoms with Gasteiger partial charge in [0, 0.05) is 29.8 Å². The lowest BCUT2D eigenvalue weighted by molar-refractivity contribution is 0.400. The number of nitrogens with one attached hydrogen (secondary N) is 2. The van der Waals surface area contributed by atoms with Gasteiger partial charge >= 0.3 is 0 Å². The minimum atomic E-state index is 0.528. The third-order valence-electron chi connectivity index (χ3n) is 3.89. The maximum atomic E-state index is 7.62. The fourth-order valence-corrected chi connectivity index (χ4v) is 2.76. The molecule has 0 amide bonds. The average Bonchev–Trinajstić information content (AvgIpc) is 3.04. The summed E-state index contributed by atoms with van der Waals surface area (Å²) in [5, 5.41) is 10.8. The molecular weight excluding hydrogens is 262 g/mol. The van der Waals surface area contributed by atoms with E-state index in [0.717, 1.165) is 22.8 Å². The lowest BCUT2D eigenvalue weighted by Crippen LogP contribution is -2.24. The molecule has 0 unspecified atom stereocenters. The molecule has 1 fully saturated rings. The second-order valence-corrected chi connectivity index (χ2v) is 5.32. The summed E-state index contributed by atoms with van der Waals surface area (Å²) >= 11 is 0. The third kappa shape index (κ3) is 3.66. The molecule has 0 saturated heterocycles. The molecule has 0 aromatic carbocycles. The Morgan fingerprint density at radius 1 is 1.43 bits per heavy atom. The largest absolute Gasteiger partial charge is 0.400 e. The van der Waals surface area contributed by atoms with Crippen molar-refractivity contribution in [3.8, 4) is 6.07 Å². The van der Waals surface area contributed by atoms with Gasteiger partial charge in [0.15, 0.2) is 0 Å². The molecule has 2 aliphatic rings. The van der Waals surface area contributed by atoms with Crippen LogP contribution < -0.4 is 11.1 Å². The van der Waals surface area contributed by atoms with Gasteiger partial charge in [-0.25, -0.2) is 4.99 Å². The van der Waals surface area contributed by atoms with Crippen molar-refractivity contribution in [3.05, 3.63) is 23.5 Å². The number of nitriles is 1. The van der Waals surface area contributed by atoms with E-state index in [4.69, 9.17) is 11.0 Å². The van der Waals surface area contributed by atoms with Gasteiger partial charge in [-0.05, 0) is 18.9 Å². The molecule has 2 heterocycles. The van der Waals surface area contributed by atoms with Crippen LogP contribution in [-0.2, 0) is 0 Å². The Hall–Kier alpha value is -2.22. The first-order chi connectivity index (χ1) is 10.3. The van der Waals surface area contributed by atoms with Crippen molar-refractivity contribution >= 4 is 17.9 Å².